The summed E-state index contributed by atoms with van der Waals surface area (Å²) in [5.41, 5.74) is 11.0. The normalized spacial score (nSPS) is 24.4. The lowest BCUT2D eigenvalue weighted by Gasteiger charge is -2.35. The Morgan fingerprint density at radius 3 is 2.33 bits per heavy atom. The van der Waals surface area contributed by atoms with E-state index in [-0.39, 0.29) is 30.1 Å². The zero-order chi connectivity index (χ0) is 14.5. The first-order chi connectivity index (χ1) is 9.60. The van der Waals surface area contributed by atoms with Gasteiger partial charge in [0, 0.05) is 13.1 Å². The molecule has 7 heteroatoms. The van der Waals surface area contributed by atoms with Gasteiger partial charge in [0.2, 0.25) is 11.8 Å². The predicted molar refractivity (Wildman–Crippen MR) is 84.0 cm³/mol. The Morgan fingerprint density at radius 1 is 1.10 bits per heavy atom. The number of amides is 2. The van der Waals surface area contributed by atoms with E-state index in [2.05, 4.69) is 4.90 Å². The van der Waals surface area contributed by atoms with Gasteiger partial charge >= 0.3 is 0 Å². The summed E-state index contributed by atoms with van der Waals surface area (Å²) >= 11 is 0. The quantitative estimate of drug-likeness (QED) is 0.751. The Hall–Kier alpha value is -0.850. The van der Waals surface area contributed by atoms with E-state index in [9.17, 15) is 9.59 Å². The first-order valence-electron chi connectivity index (χ1n) is 7.59. The van der Waals surface area contributed by atoms with E-state index in [0.717, 1.165) is 51.9 Å². The third-order valence-corrected chi connectivity index (χ3v) is 4.58. The van der Waals surface area contributed by atoms with E-state index >= 15 is 0 Å². The van der Waals surface area contributed by atoms with Crippen molar-refractivity contribution < 1.29 is 9.59 Å². The van der Waals surface area contributed by atoms with Gasteiger partial charge in [0.1, 0.15) is 0 Å². The van der Waals surface area contributed by atoms with Gasteiger partial charge in [0.15, 0.2) is 0 Å². The van der Waals surface area contributed by atoms with Gasteiger partial charge in [-0.25, -0.2) is 0 Å². The van der Waals surface area contributed by atoms with Crippen LogP contribution < -0.4 is 11.5 Å². The molecule has 6 nitrogen and oxygen atoms in total. The van der Waals surface area contributed by atoms with Crippen molar-refractivity contribution in [1.82, 2.24) is 9.80 Å². The standard InChI is InChI=1S/C14H26N4O2.ClH/c15-8-11-3-6-17(7-4-11)10-13(19)18-5-1-2-12(9-18)14(16)20;/h11-12H,1-10,15H2,(H2,16,20);1H. The van der Waals surface area contributed by atoms with Gasteiger partial charge in [0.25, 0.3) is 0 Å². The van der Waals surface area contributed by atoms with Gasteiger partial charge < -0.3 is 16.4 Å². The summed E-state index contributed by atoms with van der Waals surface area (Å²) in [6.07, 6.45) is 3.83. The van der Waals surface area contributed by atoms with Crippen molar-refractivity contribution in [3.8, 4) is 0 Å². The van der Waals surface area contributed by atoms with Crippen LogP contribution in [0.2, 0.25) is 0 Å². The zero-order valence-electron chi connectivity index (χ0n) is 12.5. The van der Waals surface area contributed by atoms with Crippen LogP contribution in [0.25, 0.3) is 0 Å². The highest BCUT2D eigenvalue weighted by Gasteiger charge is 2.28. The lowest BCUT2D eigenvalue weighted by Crippen LogP contribution is -2.49. The predicted octanol–water partition coefficient (Wildman–Crippen LogP) is -0.197. The van der Waals surface area contributed by atoms with Crippen LogP contribution in [0.5, 0.6) is 0 Å². The minimum Gasteiger partial charge on any atom is -0.369 e. The van der Waals surface area contributed by atoms with E-state index < -0.39 is 0 Å². The highest BCUT2D eigenvalue weighted by Crippen LogP contribution is 2.18. The molecule has 2 aliphatic heterocycles. The first-order valence-corrected chi connectivity index (χ1v) is 7.59. The molecule has 2 saturated heterocycles. The highest BCUT2D eigenvalue weighted by molar-refractivity contribution is 5.85. The molecule has 122 valence electrons. The molecule has 21 heavy (non-hydrogen) atoms. The van der Waals surface area contributed by atoms with Crippen molar-refractivity contribution in [3.05, 3.63) is 0 Å². The molecule has 0 spiro atoms. The van der Waals surface area contributed by atoms with E-state index in [1.54, 1.807) is 4.90 Å². The Kier molecular flexibility index (Phi) is 7.42. The summed E-state index contributed by atoms with van der Waals surface area (Å²) in [4.78, 5) is 27.5. The van der Waals surface area contributed by atoms with Crippen LogP contribution in [0.3, 0.4) is 0 Å². The number of piperidine rings is 2. The second kappa shape index (κ2) is 8.56. The molecular formula is C14H27ClN4O2. The number of carbonyl (C=O) groups excluding carboxylic acids is 2. The second-order valence-corrected chi connectivity index (χ2v) is 6.04. The van der Waals surface area contributed by atoms with Crippen LogP contribution in [0.1, 0.15) is 25.7 Å². The maximum atomic E-state index is 12.3. The molecule has 2 aliphatic rings. The van der Waals surface area contributed by atoms with Crippen molar-refractivity contribution in [2.75, 3.05) is 39.3 Å². The molecule has 0 aromatic carbocycles. The van der Waals surface area contributed by atoms with E-state index in [4.69, 9.17) is 11.5 Å². The average molecular weight is 319 g/mol. The molecule has 2 rings (SSSR count). The molecule has 1 unspecified atom stereocenters. The second-order valence-electron chi connectivity index (χ2n) is 6.04. The summed E-state index contributed by atoms with van der Waals surface area (Å²) in [5, 5.41) is 0. The average Bonchev–Trinajstić information content (AvgIpc) is 2.48. The largest absolute Gasteiger partial charge is 0.369 e. The van der Waals surface area contributed by atoms with Gasteiger partial charge in [-0.15, -0.1) is 12.4 Å². The lowest BCUT2D eigenvalue weighted by molar-refractivity contribution is -0.136. The Bertz CT molecular complexity index is 359. The number of likely N-dealkylation sites (tertiary alicyclic amines) is 2. The summed E-state index contributed by atoms with van der Waals surface area (Å²) in [7, 11) is 0. The van der Waals surface area contributed by atoms with Gasteiger partial charge in [-0.1, -0.05) is 0 Å². The van der Waals surface area contributed by atoms with E-state index in [1.165, 1.54) is 0 Å². The van der Waals surface area contributed by atoms with Crippen LogP contribution in [0.15, 0.2) is 0 Å². The van der Waals surface area contributed by atoms with Gasteiger partial charge in [0.05, 0.1) is 12.5 Å². The maximum Gasteiger partial charge on any atom is 0.236 e. The fraction of sp³-hybridized carbons (Fsp3) is 0.857. The molecule has 0 aromatic heterocycles. The van der Waals surface area contributed by atoms with Crippen LogP contribution in [-0.4, -0.2) is 60.9 Å². The number of carbonyl (C=O) groups is 2. The van der Waals surface area contributed by atoms with Gasteiger partial charge in [-0.2, -0.15) is 0 Å². The first kappa shape index (κ1) is 18.2. The lowest BCUT2D eigenvalue weighted by atomic mass is 9.96. The number of hydrogen-bond donors (Lipinski definition) is 2. The number of halogens is 1. The van der Waals surface area contributed by atoms with Crippen molar-refractivity contribution in [1.29, 1.82) is 0 Å². The number of nitrogens with two attached hydrogens (primary N) is 2. The van der Waals surface area contributed by atoms with Crippen molar-refractivity contribution in [3.63, 3.8) is 0 Å². The molecule has 0 bridgehead atoms. The van der Waals surface area contributed by atoms with E-state index in [1.807, 2.05) is 0 Å². The van der Waals surface area contributed by atoms with E-state index in [0.29, 0.717) is 19.0 Å². The topological polar surface area (TPSA) is 92.7 Å². The summed E-state index contributed by atoms with van der Waals surface area (Å²) < 4.78 is 0. The molecule has 4 N–H and O–H groups in total. The van der Waals surface area contributed by atoms with Crippen molar-refractivity contribution in [2.45, 2.75) is 25.7 Å². The minimum atomic E-state index is -0.286. The third-order valence-electron chi connectivity index (χ3n) is 4.58. The smallest absolute Gasteiger partial charge is 0.236 e. The summed E-state index contributed by atoms with van der Waals surface area (Å²) in [6, 6.07) is 0. The van der Waals surface area contributed by atoms with Crippen LogP contribution in [0.4, 0.5) is 0 Å². The zero-order valence-corrected chi connectivity index (χ0v) is 13.3. The molecule has 0 aliphatic carbocycles. The fourth-order valence-corrected chi connectivity index (χ4v) is 3.11. The molecular weight excluding hydrogens is 292 g/mol. The number of nitrogens with zero attached hydrogens (tertiary/aromatic N) is 2. The Balaban J connectivity index is 0.00000220. The summed E-state index contributed by atoms with van der Waals surface area (Å²) in [6.45, 7) is 4.34. The third kappa shape index (κ3) is 5.13. The summed E-state index contributed by atoms with van der Waals surface area (Å²) in [5.74, 6) is 0.277. The van der Waals surface area contributed by atoms with Crippen LogP contribution >= 0.6 is 12.4 Å². The molecule has 0 aromatic rings. The molecule has 2 fully saturated rings. The molecule has 2 amide bonds. The molecule has 2 heterocycles. The van der Waals surface area contributed by atoms with Crippen molar-refractivity contribution in [2.24, 2.45) is 23.3 Å². The van der Waals surface area contributed by atoms with Crippen LogP contribution in [0, 0.1) is 11.8 Å². The maximum absolute atomic E-state index is 12.3. The minimum absolute atomic E-state index is 0. The number of rotatable bonds is 4. The SMILES string of the molecule is Cl.NCC1CCN(CC(=O)N2CCCC(C(N)=O)C2)CC1. The Morgan fingerprint density at radius 2 is 1.76 bits per heavy atom. The number of hydrogen-bond acceptors (Lipinski definition) is 4. The fourth-order valence-electron chi connectivity index (χ4n) is 3.11. The van der Waals surface area contributed by atoms with Gasteiger partial charge in [-0.3, -0.25) is 14.5 Å². The van der Waals surface area contributed by atoms with Gasteiger partial charge in [-0.05, 0) is 51.2 Å². The Labute approximate surface area is 132 Å². The molecule has 1 atom stereocenters. The monoisotopic (exact) mass is 318 g/mol. The number of primary amides is 1. The van der Waals surface area contributed by atoms with Crippen LogP contribution in [-0.2, 0) is 9.59 Å². The van der Waals surface area contributed by atoms with Crippen molar-refractivity contribution >= 4 is 24.2 Å². The molecule has 0 saturated carbocycles. The highest BCUT2D eigenvalue weighted by atomic mass is 35.5. The molecule has 0 radical (unpaired) electrons.